The van der Waals surface area contributed by atoms with Crippen molar-refractivity contribution in [3.63, 3.8) is 0 Å². The first-order valence-corrected chi connectivity index (χ1v) is 9.24. The highest BCUT2D eigenvalue weighted by molar-refractivity contribution is 14.0. The van der Waals surface area contributed by atoms with Crippen molar-refractivity contribution < 1.29 is 4.74 Å². The van der Waals surface area contributed by atoms with Crippen molar-refractivity contribution in [2.75, 3.05) is 57.9 Å². The largest absolute Gasteiger partial charge is 0.377 e. The molecule has 0 aliphatic carbocycles. The van der Waals surface area contributed by atoms with Crippen LogP contribution in [0.2, 0.25) is 0 Å². The zero-order chi connectivity index (χ0) is 15.9. The highest BCUT2D eigenvalue weighted by Crippen LogP contribution is 2.22. The topological polar surface area (TPSA) is 40.1 Å². The summed E-state index contributed by atoms with van der Waals surface area (Å²) in [6, 6.07) is 4.33. The molecule has 1 fully saturated rings. The number of halogens is 1. The molecule has 2 aliphatic rings. The molecule has 0 radical (unpaired) electrons. The molecule has 0 saturated carbocycles. The van der Waals surface area contributed by atoms with Gasteiger partial charge in [-0.25, -0.2) is 0 Å². The van der Waals surface area contributed by atoms with Crippen LogP contribution in [0.4, 0.5) is 5.00 Å². The Morgan fingerprint density at radius 1 is 1.33 bits per heavy atom. The van der Waals surface area contributed by atoms with Gasteiger partial charge in [0.1, 0.15) is 0 Å². The Kier molecular flexibility index (Phi) is 8.34. The number of thiophene rings is 1. The van der Waals surface area contributed by atoms with Crippen LogP contribution in [0.3, 0.4) is 0 Å². The third-order valence-electron chi connectivity index (χ3n) is 4.40. The maximum absolute atomic E-state index is 5.35. The number of aliphatic imine (C=N–C) groups is 1. The molecule has 5 nitrogen and oxygen atoms in total. The number of hydrogen-bond donors (Lipinski definition) is 1. The molecule has 0 unspecified atom stereocenters. The predicted octanol–water partition coefficient (Wildman–Crippen LogP) is 2.80. The van der Waals surface area contributed by atoms with Crippen LogP contribution in [0.15, 0.2) is 34.2 Å². The number of guanidine groups is 1. The quantitative estimate of drug-likeness (QED) is 0.324. The van der Waals surface area contributed by atoms with Crippen LogP contribution >= 0.6 is 35.3 Å². The third kappa shape index (κ3) is 5.35. The minimum Gasteiger partial charge on any atom is -0.377 e. The normalized spacial score (nSPS) is 18.9. The average Bonchev–Trinajstić information content (AvgIpc) is 3.15. The van der Waals surface area contributed by atoms with Gasteiger partial charge in [-0.2, -0.15) is 0 Å². The first-order chi connectivity index (χ1) is 11.4. The second-order valence-electron chi connectivity index (χ2n) is 5.84. The molecule has 0 spiro atoms. The monoisotopic (exact) mass is 462 g/mol. The zero-order valence-corrected chi connectivity index (χ0v) is 17.4. The van der Waals surface area contributed by atoms with Gasteiger partial charge in [-0.05, 0) is 30.4 Å². The Hall–Kier alpha value is -0.800. The highest BCUT2D eigenvalue weighted by Gasteiger charge is 2.20. The van der Waals surface area contributed by atoms with Crippen LogP contribution < -0.4 is 10.2 Å². The number of ether oxygens (including phenoxy) is 1. The zero-order valence-electron chi connectivity index (χ0n) is 14.2. The van der Waals surface area contributed by atoms with E-state index in [4.69, 9.17) is 4.74 Å². The van der Waals surface area contributed by atoms with Crippen LogP contribution in [0.1, 0.15) is 12.8 Å². The molecule has 24 heavy (non-hydrogen) atoms. The lowest BCUT2D eigenvalue weighted by molar-refractivity contribution is 0.153. The minimum absolute atomic E-state index is 0. The van der Waals surface area contributed by atoms with E-state index < -0.39 is 0 Å². The molecule has 1 N–H and O–H groups in total. The number of piperazine rings is 1. The summed E-state index contributed by atoms with van der Waals surface area (Å²) in [5.74, 6) is 1.03. The molecule has 0 bridgehead atoms. The number of nitrogens with one attached hydrogen (secondary N) is 1. The Labute approximate surface area is 165 Å². The summed E-state index contributed by atoms with van der Waals surface area (Å²) < 4.78 is 5.35. The van der Waals surface area contributed by atoms with Gasteiger partial charge in [0, 0.05) is 39.8 Å². The molecule has 3 heterocycles. The summed E-state index contributed by atoms with van der Waals surface area (Å²) in [6.07, 6.45) is 4.37. The van der Waals surface area contributed by atoms with Crippen molar-refractivity contribution in [2.45, 2.75) is 12.8 Å². The van der Waals surface area contributed by atoms with Crippen LogP contribution in [0, 0.1) is 0 Å². The molecular formula is C17H27IN4OS. The first kappa shape index (κ1) is 19.5. The van der Waals surface area contributed by atoms with Crippen LogP contribution in [0.25, 0.3) is 0 Å². The summed E-state index contributed by atoms with van der Waals surface area (Å²) in [5, 5.41) is 7.03. The second kappa shape index (κ2) is 10.2. The summed E-state index contributed by atoms with van der Waals surface area (Å²) in [4.78, 5) is 9.28. The number of anilines is 1. The number of nitrogens with zero attached hydrogens (tertiary/aromatic N) is 3. The van der Waals surface area contributed by atoms with Gasteiger partial charge in [-0.1, -0.05) is 11.6 Å². The second-order valence-corrected chi connectivity index (χ2v) is 6.76. The van der Waals surface area contributed by atoms with Gasteiger partial charge >= 0.3 is 0 Å². The Balaban J connectivity index is 0.00000208. The first-order valence-electron chi connectivity index (χ1n) is 8.36. The van der Waals surface area contributed by atoms with Crippen LogP contribution in [-0.2, 0) is 4.74 Å². The fourth-order valence-corrected chi connectivity index (χ4v) is 3.83. The van der Waals surface area contributed by atoms with Crippen molar-refractivity contribution in [3.8, 4) is 0 Å². The van der Waals surface area contributed by atoms with Crippen molar-refractivity contribution in [1.29, 1.82) is 0 Å². The Morgan fingerprint density at radius 2 is 2.17 bits per heavy atom. The van der Waals surface area contributed by atoms with E-state index in [1.165, 1.54) is 10.6 Å². The van der Waals surface area contributed by atoms with Gasteiger partial charge < -0.3 is 19.9 Å². The number of rotatable bonds is 4. The summed E-state index contributed by atoms with van der Waals surface area (Å²) >= 11 is 1.82. The van der Waals surface area contributed by atoms with E-state index in [0.717, 1.165) is 64.7 Å². The maximum atomic E-state index is 5.35. The van der Waals surface area contributed by atoms with Gasteiger partial charge in [-0.3, -0.25) is 4.99 Å². The van der Waals surface area contributed by atoms with Gasteiger partial charge in [-0.15, -0.1) is 35.3 Å². The lowest BCUT2D eigenvalue weighted by Gasteiger charge is -2.37. The Bertz CT molecular complexity index is 539. The summed E-state index contributed by atoms with van der Waals surface area (Å²) in [7, 11) is 1.88. The predicted molar refractivity (Wildman–Crippen MR) is 113 cm³/mol. The van der Waals surface area contributed by atoms with Crippen molar-refractivity contribution in [1.82, 2.24) is 10.2 Å². The van der Waals surface area contributed by atoms with E-state index in [-0.39, 0.29) is 24.0 Å². The molecule has 3 rings (SSSR count). The van der Waals surface area contributed by atoms with Gasteiger partial charge in [0.05, 0.1) is 18.2 Å². The lowest BCUT2D eigenvalue weighted by atomic mass is 10.1. The number of hydrogen-bond acceptors (Lipinski definition) is 4. The molecule has 1 aromatic heterocycles. The van der Waals surface area contributed by atoms with E-state index in [9.17, 15) is 0 Å². The lowest BCUT2D eigenvalue weighted by Crippen LogP contribution is -2.52. The van der Waals surface area contributed by atoms with Crippen molar-refractivity contribution >= 4 is 46.3 Å². The molecule has 1 aromatic rings. The molecule has 7 heteroatoms. The molecular weight excluding hydrogens is 435 g/mol. The van der Waals surface area contributed by atoms with E-state index >= 15 is 0 Å². The van der Waals surface area contributed by atoms with Crippen LogP contribution in [-0.4, -0.2) is 63.8 Å². The Morgan fingerprint density at radius 3 is 2.79 bits per heavy atom. The molecule has 2 aliphatic heterocycles. The smallest absolute Gasteiger partial charge is 0.193 e. The molecule has 0 atom stereocenters. The van der Waals surface area contributed by atoms with E-state index in [1.807, 2.05) is 18.4 Å². The van der Waals surface area contributed by atoms with E-state index in [2.05, 4.69) is 43.7 Å². The van der Waals surface area contributed by atoms with Crippen LogP contribution in [0.5, 0.6) is 0 Å². The molecule has 0 amide bonds. The van der Waals surface area contributed by atoms with Crippen molar-refractivity contribution in [3.05, 3.63) is 29.2 Å². The minimum atomic E-state index is 0. The maximum Gasteiger partial charge on any atom is 0.193 e. The summed E-state index contributed by atoms with van der Waals surface area (Å²) in [6.45, 7) is 6.75. The molecule has 0 aromatic carbocycles. The summed E-state index contributed by atoms with van der Waals surface area (Å²) in [5.41, 5.74) is 1.50. The highest BCUT2D eigenvalue weighted by atomic mass is 127. The molecule has 1 saturated heterocycles. The standard InChI is InChI=1S/C17H26N4OS.HI/c1-18-17(19-7-4-15-5-12-22-13-6-15)21-10-8-20(9-11-21)16-3-2-14-23-16;/h2-3,5,14H,4,6-13H2,1H3,(H,18,19);1H. The average molecular weight is 462 g/mol. The van der Waals surface area contributed by atoms with E-state index in [0.29, 0.717) is 0 Å². The molecule has 134 valence electrons. The van der Waals surface area contributed by atoms with Crippen molar-refractivity contribution in [2.24, 2.45) is 4.99 Å². The van der Waals surface area contributed by atoms with E-state index in [1.54, 1.807) is 0 Å². The van der Waals surface area contributed by atoms with Gasteiger partial charge in [0.2, 0.25) is 0 Å². The van der Waals surface area contributed by atoms with Gasteiger partial charge in [0.25, 0.3) is 0 Å². The third-order valence-corrected chi connectivity index (χ3v) is 5.32. The SMILES string of the molecule is CN=C(NCCC1=CCOCC1)N1CCN(c2cccs2)CC1.I. The fraction of sp³-hybridized carbons (Fsp3) is 0.588. The fourth-order valence-electron chi connectivity index (χ4n) is 3.05. The van der Waals surface area contributed by atoms with Gasteiger partial charge in [0.15, 0.2) is 5.96 Å².